The van der Waals surface area contributed by atoms with Crippen molar-refractivity contribution in [1.82, 2.24) is 4.98 Å². The molecule has 0 aromatic carbocycles. The van der Waals surface area contributed by atoms with Crippen LogP contribution in [0, 0.1) is 13.8 Å². The van der Waals surface area contributed by atoms with Gasteiger partial charge in [0, 0.05) is 18.8 Å². The number of carboxylic acid groups (broad SMARTS) is 1. The van der Waals surface area contributed by atoms with E-state index in [0.29, 0.717) is 18.8 Å². The monoisotopic (exact) mass is 292 g/mol. The summed E-state index contributed by atoms with van der Waals surface area (Å²) in [5.74, 6) is -0.933. The van der Waals surface area contributed by atoms with E-state index >= 15 is 0 Å². The van der Waals surface area contributed by atoms with Crippen molar-refractivity contribution < 1.29 is 14.6 Å². The van der Waals surface area contributed by atoms with E-state index in [1.54, 1.807) is 6.92 Å². The molecule has 0 spiro atoms. The largest absolute Gasteiger partial charge is 0.478 e. The summed E-state index contributed by atoms with van der Waals surface area (Å²) in [4.78, 5) is 18.0. The first kappa shape index (κ1) is 15.8. The predicted octanol–water partition coefficient (Wildman–Crippen LogP) is 2.79. The number of aromatic carboxylic acids is 1. The van der Waals surface area contributed by atoms with Crippen molar-refractivity contribution in [3.05, 3.63) is 23.0 Å². The Bertz CT molecular complexity index is 563. The number of pyridine rings is 1. The topological polar surface area (TPSA) is 62.7 Å². The smallest absolute Gasteiger partial charge is 0.339 e. The summed E-state index contributed by atoms with van der Waals surface area (Å²) in [6.45, 7) is 13.1. The first-order chi connectivity index (χ1) is 9.51. The van der Waals surface area contributed by atoms with Gasteiger partial charge in [0.25, 0.3) is 0 Å². The maximum atomic E-state index is 11.6. The molecule has 0 unspecified atom stereocenters. The summed E-state index contributed by atoms with van der Waals surface area (Å²) in [5.41, 5.74) is 1.74. The Hall–Kier alpha value is -1.62. The molecule has 5 heteroatoms. The van der Waals surface area contributed by atoms with Crippen molar-refractivity contribution in [2.24, 2.45) is 0 Å². The van der Waals surface area contributed by atoms with E-state index < -0.39 is 5.97 Å². The van der Waals surface area contributed by atoms with Crippen LogP contribution in [-0.2, 0) is 4.74 Å². The second-order valence-corrected chi connectivity index (χ2v) is 7.03. The third-order valence-corrected chi connectivity index (χ3v) is 3.56. The summed E-state index contributed by atoms with van der Waals surface area (Å²) in [6.07, 6.45) is 0. The highest BCUT2D eigenvalue weighted by Crippen LogP contribution is 2.34. The molecule has 0 aliphatic carbocycles. The van der Waals surface area contributed by atoms with Crippen LogP contribution in [0.2, 0.25) is 0 Å². The molecule has 1 fully saturated rings. The van der Waals surface area contributed by atoms with Gasteiger partial charge in [0.15, 0.2) is 0 Å². The molecule has 1 saturated heterocycles. The predicted molar refractivity (Wildman–Crippen MR) is 82.1 cm³/mol. The average molecular weight is 292 g/mol. The molecule has 0 atom stereocenters. The summed E-state index contributed by atoms with van der Waals surface area (Å²) >= 11 is 0. The van der Waals surface area contributed by atoms with Gasteiger partial charge >= 0.3 is 5.97 Å². The van der Waals surface area contributed by atoms with Crippen LogP contribution >= 0.6 is 0 Å². The van der Waals surface area contributed by atoms with Crippen LogP contribution in [0.4, 0.5) is 5.69 Å². The quantitative estimate of drug-likeness (QED) is 0.908. The van der Waals surface area contributed by atoms with Gasteiger partial charge in [0.1, 0.15) is 5.56 Å². The fraction of sp³-hybridized carbons (Fsp3) is 0.625. The van der Waals surface area contributed by atoms with Crippen LogP contribution in [0.1, 0.15) is 49.4 Å². The fourth-order valence-electron chi connectivity index (χ4n) is 3.28. The molecule has 0 amide bonds. The van der Waals surface area contributed by atoms with Gasteiger partial charge < -0.3 is 14.7 Å². The number of carbonyl (C=O) groups is 1. The van der Waals surface area contributed by atoms with E-state index in [1.807, 2.05) is 40.7 Å². The van der Waals surface area contributed by atoms with Crippen LogP contribution in [0.3, 0.4) is 0 Å². The van der Waals surface area contributed by atoms with E-state index in [4.69, 9.17) is 4.74 Å². The molecule has 1 N–H and O–H groups in total. The lowest BCUT2D eigenvalue weighted by molar-refractivity contribution is -0.133. The molecule has 0 bridgehead atoms. The van der Waals surface area contributed by atoms with Gasteiger partial charge in [-0.3, -0.25) is 4.98 Å². The molecule has 21 heavy (non-hydrogen) atoms. The highest BCUT2D eigenvalue weighted by molar-refractivity contribution is 5.95. The molecular formula is C16H24N2O3. The number of ether oxygens (including phenoxy) is 1. The molecule has 0 saturated carbocycles. The number of hydrogen-bond acceptors (Lipinski definition) is 4. The zero-order chi connectivity index (χ0) is 16.0. The average Bonchev–Trinajstić information content (AvgIpc) is 2.22. The Kier molecular flexibility index (Phi) is 3.74. The van der Waals surface area contributed by atoms with Crippen molar-refractivity contribution in [1.29, 1.82) is 0 Å². The number of anilines is 1. The fourth-order valence-corrected chi connectivity index (χ4v) is 3.28. The Morgan fingerprint density at radius 2 is 1.76 bits per heavy atom. The van der Waals surface area contributed by atoms with Gasteiger partial charge in [-0.2, -0.15) is 0 Å². The van der Waals surface area contributed by atoms with Gasteiger partial charge in [-0.15, -0.1) is 0 Å². The van der Waals surface area contributed by atoms with Gasteiger partial charge in [-0.05, 0) is 47.6 Å². The standard InChI is InChI=1S/C16H24N2O3/c1-10-7-12(13(14(19)20)11(2)17-10)18-8-15(3,4)21-16(5,6)9-18/h7H,8-9H2,1-6H3,(H,19,20). The molecule has 1 aromatic rings. The zero-order valence-corrected chi connectivity index (χ0v) is 13.6. The molecule has 5 nitrogen and oxygen atoms in total. The molecule has 2 rings (SSSR count). The molecule has 1 aliphatic heterocycles. The van der Waals surface area contributed by atoms with Crippen LogP contribution in [0.25, 0.3) is 0 Å². The maximum Gasteiger partial charge on any atom is 0.339 e. The molecule has 2 heterocycles. The lowest BCUT2D eigenvalue weighted by Gasteiger charge is -2.48. The second kappa shape index (κ2) is 4.98. The highest BCUT2D eigenvalue weighted by Gasteiger charge is 2.39. The van der Waals surface area contributed by atoms with Crippen molar-refractivity contribution in [3.63, 3.8) is 0 Å². The van der Waals surface area contributed by atoms with Crippen molar-refractivity contribution in [3.8, 4) is 0 Å². The minimum atomic E-state index is -0.933. The normalized spacial score (nSPS) is 20.4. The van der Waals surface area contributed by atoms with Crippen molar-refractivity contribution in [2.75, 3.05) is 18.0 Å². The Morgan fingerprint density at radius 3 is 2.24 bits per heavy atom. The van der Waals surface area contributed by atoms with Gasteiger partial charge in [0.2, 0.25) is 0 Å². The van der Waals surface area contributed by atoms with E-state index in [1.165, 1.54) is 0 Å². The number of hydrogen-bond donors (Lipinski definition) is 1. The van der Waals surface area contributed by atoms with Crippen molar-refractivity contribution in [2.45, 2.75) is 52.7 Å². The number of rotatable bonds is 2. The number of aryl methyl sites for hydroxylation is 2. The number of carboxylic acids is 1. The highest BCUT2D eigenvalue weighted by atomic mass is 16.5. The van der Waals surface area contributed by atoms with E-state index in [0.717, 1.165) is 11.4 Å². The minimum Gasteiger partial charge on any atom is -0.478 e. The molecule has 1 aromatic heterocycles. The van der Waals surface area contributed by atoms with Crippen LogP contribution in [-0.4, -0.2) is 40.4 Å². The molecule has 1 aliphatic rings. The van der Waals surface area contributed by atoms with Crippen LogP contribution in [0.5, 0.6) is 0 Å². The Morgan fingerprint density at radius 1 is 1.24 bits per heavy atom. The Labute approximate surface area is 125 Å². The van der Waals surface area contributed by atoms with Gasteiger partial charge in [0.05, 0.1) is 22.6 Å². The van der Waals surface area contributed by atoms with E-state index in [-0.39, 0.29) is 16.8 Å². The van der Waals surface area contributed by atoms with Crippen LogP contribution in [0.15, 0.2) is 6.07 Å². The molecule has 0 radical (unpaired) electrons. The molecular weight excluding hydrogens is 268 g/mol. The lowest BCUT2D eigenvalue weighted by Crippen LogP contribution is -2.57. The summed E-state index contributed by atoms with van der Waals surface area (Å²) < 4.78 is 6.07. The zero-order valence-electron chi connectivity index (χ0n) is 13.6. The number of morpholine rings is 1. The van der Waals surface area contributed by atoms with E-state index in [9.17, 15) is 9.90 Å². The van der Waals surface area contributed by atoms with Gasteiger partial charge in [-0.25, -0.2) is 4.79 Å². The van der Waals surface area contributed by atoms with Crippen molar-refractivity contribution >= 4 is 11.7 Å². The van der Waals surface area contributed by atoms with Gasteiger partial charge in [-0.1, -0.05) is 0 Å². The number of aromatic nitrogens is 1. The Balaban J connectivity index is 2.53. The third kappa shape index (κ3) is 3.35. The summed E-state index contributed by atoms with van der Waals surface area (Å²) in [5, 5.41) is 9.53. The minimum absolute atomic E-state index is 0.286. The SMILES string of the molecule is Cc1cc(N2CC(C)(C)OC(C)(C)C2)c(C(=O)O)c(C)n1. The summed E-state index contributed by atoms with van der Waals surface area (Å²) in [6, 6.07) is 1.86. The lowest BCUT2D eigenvalue weighted by atomic mass is 9.97. The van der Waals surface area contributed by atoms with E-state index in [2.05, 4.69) is 9.88 Å². The maximum absolute atomic E-state index is 11.6. The molecule has 116 valence electrons. The second-order valence-electron chi connectivity index (χ2n) is 7.03. The summed E-state index contributed by atoms with van der Waals surface area (Å²) in [7, 11) is 0. The first-order valence-corrected chi connectivity index (χ1v) is 7.17. The number of nitrogens with zero attached hydrogens (tertiary/aromatic N) is 2. The third-order valence-electron chi connectivity index (χ3n) is 3.56. The first-order valence-electron chi connectivity index (χ1n) is 7.17. The van der Waals surface area contributed by atoms with Crippen LogP contribution < -0.4 is 4.90 Å².